The molecule has 0 radical (unpaired) electrons. The summed E-state index contributed by atoms with van der Waals surface area (Å²) in [6.45, 7) is 3.14. The molecule has 0 spiro atoms. The van der Waals surface area contributed by atoms with E-state index in [1.54, 1.807) is 7.11 Å². The Morgan fingerprint density at radius 2 is 1.83 bits per heavy atom. The van der Waals surface area contributed by atoms with Crippen LogP contribution in [0.2, 0.25) is 0 Å². The number of hydrogen-bond acceptors (Lipinski definition) is 4. The van der Waals surface area contributed by atoms with Crippen LogP contribution in [-0.4, -0.2) is 31.8 Å². The molecule has 0 fully saturated rings. The van der Waals surface area contributed by atoms with E-state index in [0.717, 1.165) is 18.1 Å². The van der Waals surface area contributed by atoms with Gasteiger partial charge in [0.1, 0.15) is 6.17 Å². The van der Waals surface area contributed by atoms with Crippen LogP contribution in [0.4, 0.5) is 11.4 Å². The first-order valence-electron chi connectivity index (χ1n) is 8.12. The van der Waals surface area contributed by atoms with Crippen LogP contribution in [-0.2, 0) is 4.74 Å². The van der Waals surface area contributed by atoms with Gasteiger partial charge in [0, 0.05) is 6.54 Å². The molecule has 4 nitrogen and oxygen atoms in total. The van der Waals surface area contributed by atoms with Crippen LogP contribution in [0, 0.1) is 0 Å². The van der Waals surface area contributed by atoms with Gasteiger partial charge in [-0.2, -0.15) is 0 Å². The maximum Gasteiger partial charge on any atom is 0.195 e. The third kappa shape index (κ3) is 2.17. The van der Waals surface area contributed by atoms with E-state index in [2.05, 4.69) is 65.7 Å². The third-order valence-corrected chi connectivity index (χ3v) is 4.78. The quantitative estimate of drug-likeness (QED) is 0.923. The second kappa shape index (κ2) is 5.61. The molecule has 23 heavy (non-hydrogen) atoms. The van der Waals surface area contributed by atoms with Gasteiger partial charge in [-0.3, -0.25) is 0 Å². The van der Waals surface area contributed by atoms with Crippen molar-refractivity contribution in [3.05, 3.63) is 60.2 Å². The van der Waals surface area contributed by atoms with Crippen molar-refractivity contribution in [2.24, 2.45) is 4.99 Å². The summed E-state index contributed by atoms with van der Waals surface area (Å²) in [4.78, 5) is 7.27. The van der Waals surface area contributed by atoms with Crippen molar-refractivity contribution in [2.75, 3.05) is 23.9 Å². The summed E-state index contributed by atoms with van der Waals surface area (Å²) in [5.41, 5.74) is 3.63. The number of likely N-dealkylation sites (N-methyl/N-ethyl adjacent to an activating group) is 1. The van der Waals surface area contributed by atoms with Crippen molar-refractivity contribution < 1.29 is 4.74 Å². The first-order valence-corrected chi connectivity index (χ1v) is 8.12. The minimum absolute atomic E-state index is 0.0185. The van der Waals surface area contributed by atoms with Gasteiger partial charge in [-0.15, -0.1) is 0 Å². The smallest absolute Gasteiger partial charge is 0.195 e. The van der Waals surface area contributed by atoms with Crippen LogP contribution >= 0.6 is 0 Å². The molecule has 0 aliphatic carbocycles. The van der Waals surface area contributed by atoms with Gasteiger partial charge in [0.2, 0.25) is 0 Å². The Hall–Kier alpha value is -2.49. The normalized spacial score (nSPS) is 25.2. The average Bonchev–Trinajstić information content (AvgIpc) is 2.98. The molecule has 2 aliphatic heterocycles. The van der Waals surface area contributed by atoms with Gasteiger partial charge in [-0.05, 0) is 24.6 Å². The minimum atomic E-state index is 0.0185. The second-order valence-corrected chi connectivity index (χ2v) is 5.94. The van der Waals surface area contributed by atoms with Crippen molar-refractivity contribution in [3.63, 3.8) is 0 Å². The number of nitrogens with one attached hydrogen (secondary N) is 1. The summed E-state index contributed by atoms with van der Waals surface area (Å²) in [6, 6.07) is 19.2. The van der Waals surface area contributed by atoms with Crippen LogP contribution < -0.4 is 10.2 Å². The highest BCUT2D eigenvalue weighted by molar-refractivity contribution is 5.90. The molecule has 2 aliphatic rings. The molecule has 0 unspecified atom stereocenters. The zero-order valence-corrected chi connectivity index (χ0v) is 13.4. The summed E-state index contributed by atoms with van der Waals surface area (Å²) in [5, 5.41) is 3.58. The number of anilines is 2. The van der Waals surface area contributed by atoms with Gasteiger partial charge in [0.25, 0.3) is 0 Å². The van der Waals surface area contributed by atoms with E-state index in [4.69, 9.17) is 9.73 Å². The number of fused-ring (bicyclic) bond motifs is 2. The Bertz CT molecular complexity index is 728. The third-order valence-electron chi connectivity index (χ3n) is 4.78. The Kier molecular flexibility index (Phi) is 3.45. The SMILES string of the molecule is CCN1c2ccccc2N[C@@H]2N=C(OC)[C@@H](c3ccccc3)[C@@H]21. The highest BCUT2D eigenvalue weighted by Gasteiger charge is 2.46. The van der Waals surface area contributed by atoms with E-state index in [1.807, 2.05) is 6.07 Å². The van der Waals surface area contributed by atoms with Crippen molar-refractivity contribution in [3.8, 4) is 0 Å². The fraction of sp³-hybridized carbons (Fsp3) is 0.316. The van der Waals surface area contributed by atoms with Crippen LogP contribution in [0.5, 0.6) is 0 Å². The van der Waals surface area contributed by atoms with E-state index < -0.39 is 0 Å². The maximum atomic E-state index is 5.65. The van der Waals surface area contributed by atoms with Crippen LogP contribution in [0.3, 0.4) is 0 Å². The first-order chi connectivity index (χ1) is 11.3. The van der Waals surface area contributed by atoms with E-state index in [9.17, 15) is 0 Å². The molecule has 0 saturated heterocycles. The number of hydrogen-bond donors (Lipinski definition) is 1. The number of nitrogens with zero attached hydrogens (tertiary/aromatic N) is 2. The first kappa shape index (κ1) is 14.1. The van der Waals surface area contributed by atoms with Gasteiger partial charge in [0.05, 0.1) is 30.4 Å². The highest BCUT2D eigenvalue weighted by atomic mass is 16.5. The molecule has 2 heterocycles. The van der Waals surface area contributed by atoms with Crippen molar-refractivity contribution in [1.29, 1.82) is 0 Å². The highest BCUT2D eigenvalue weighted by Crippen LogP contribution is 2.43. The standard InChI is InChI=1S/C19H21N3O/c1-3-22-15-12-8-7-11-14(15)20-18-17(22)16(19(21-18)23-2)13-9-5-4-6-10-13/h4-12,16-18,20H,3H2,1-2H3/t16-,17-,18+/m0/s1. The molecule has 0 amide bonds. The number of ether oxygens (including phenoxy) is 1. The van der Waals surface area contributed by atoms with Gasteiger partial charge in [-0.25, -0.2) is 4.99 Å². The van der Waals surface area contributed by atoms with Crippen molar-refractivity contribution in [1.82, 2.24) is 0 Å². The largest absolute Gasteiger partial charge is 0.484 e. The number of methoxy groups -OCH3 is 1. The van der Waals surface area contributed by atoms with Gasteiger partial charge >= 0.3 is 0 Å². The summed E-state index contributed by atoms with van der Waals surface area (Å²) < 4.78 is 5.65. The lowest BCUT2D eigenvalue weighted by molar-refractivity contribution is 0.382. The van der Waals surface area contributed by atoms with E-state index in [0.29, 0.717) is 0 Å². The molecule has 0 saturated carbocycles. The van der Waals surface area contributed by atoms with Crippen LogP contribution in [0.25, 0.3) is 0 Å². The van der Waals surface area contributed by atoms with Crippen LogP contribution in [0.1, 0.15) is 18.4 Å². The number of aliphatic imine (C=N–C) groups is 1. The predicted octanol–water partition coefficient (Wildman–Crippen LogP) is 3.48. The minimum Gasteiger partial charge on any atom is -0.484 e. The lowest BCUT2D eigenvalue weighted by Gasteiger charge is -2.42. The molecule has 4 heteroatoms. The number of benzene rings is 2. The van der Waals surface area contributed by atoms with Crippen molar-refractivity contribution >= 4 is 17.3 Å². The average molecular weight is 307 g/mol. The van der Waals surface area contributed by atoms with Crippen LogP contribution in [0.15, 0.2) is 59.6 Å². The van der Waals surface area contributed by atoms with Gasteiger partial charge < -0.3 is 15.0 Å². The summed E-state index contributed by atoms with van der Waals surface area (Å²) >= 11 is 0. The summed E-state index contributed by atoms with van der Waals surface area (Å²) in [7, 11) is 1.72. The van der Waals surface area contributed by atoms with E-state index >= 15 is 0 Å². The molecule has 3 atom stereocenters. The summed E-state index contributed by atoms with van der Waals surface area (Å²) in [6.07, 6.45) is 0.0185. The molecule has 1 N–H and O–H groups in total. The Morgan fingerprint density at radius 3 is 2.57 bits per heavy atom. The lowest BCUT2D eigenvalue weighted by atomic mass is 9.89. The predicted molar refractivity (Wildman–Crippen MR) is 94.3 cm³/mol. The molecule has 2 aromatic carbocycles. The second-order valence-electron chi connectivity index (χ2n) is 5.94. The monoisotopic (exact) mass is 307 g/mol. The Labute approximate surface area is 136 Å². The zero-order valence-electron chi connectivity index (χ0n) is 13.4. The molecule has 2 aromatic rings. The summed E-state index contributed by atoms with van der Waals surface area (Å²) in [5.74, 6) is 0.956. The molecule has 4 rings (SSSR count). The lowest BCUT2D eigenvalue weighted by Crippen LogP contribution is -2.51. The molecule has 118 valence electrons. The maximum absolute atomic E-state index is 5.65. The Morgan fingerprint density at radius 1 is 1.09 bits per heavy atom. The van der Waals surface area contributed by atoms with Gasteiger partial charge in [-0.1, -0.05) is 42.5 Å². The fourth-order valence-corrected chi connectivity index (χ4v) is 3.82. The molecular weight excluding hydrogens is 286 g/mol. The zero-order chi connectivity index (χ0) is 15.8. The van der Waals surface area contributed by atoms with Crippen molar-refractivity contribution in [2.45, 2.75) is 25.0 Å². The number of rotatable bonds is 2. The van der Waals surface area contributed by atoms with E-state index in [-0.39, 0.29) is 18.1 Å². The van der Waals surface area contributed by atoms with E-state index in [1.165, 1.54) is 11.3 Å². The molecule has 0 bridgehead atoms. The topological polar surface area (TPSA) is 36.9 Å². The molecular formula is C19H21N3O. The Balaban J connectivity index is 1.81. The number of para-hydroxylation sites is 2. The fourth-order valence-electron chi connectivity index (χ4n) is 3.82. The van der Waals surface area contributed by atoms with Gasteiger partial charge in [0.15, 0.2) is 5.90 Å². The molecule has 0 aromatic heterocycles.